The molecule has 1 rings (SSSR count). The van der Waals surface area contributed by atoms with E-state index in [0.717, 1.165) is 10.9 Å². The molecule has 72 valence electrons. The van der Waals surface area contributed by atoms with Crippen molar-refractivity contribution in [3.63, 3.8) is 0 Å². The van der Waals surface area contributed by atoms with Crippen LogP contribution in [0.5, 0.6) is 0 Å². The quantitative estimate of drug-likeness (QED) is 0.600. The Labute approximate surface area is 79.7 Å². The molecule has 1 heterocycles. The van der Waals surface area contributed by atoms with Crippen LogP contribution in [-0.4, -0.2) is 33.3 Å². The third-order valence-electron chi connectivity index (χ3n) is 1.56. The highest BCUT2D eigenvalue weighted by molar-refractivity contribution is 7.98. The summed E-state index contributed by atoms with van der Waals surface area (Å²) in [7, 11) is 0. The first-order chi connectivity index (χ1) is 6.13. The van der Waals surface area contributed by atoms with Crippen molar-refractivity contribution >= 4 is 17.7 Å². The molecular weight excluding hydrogens is 190 g/mol. The van der Waals surface area contributed by atoms with E-state index < -0.39 is 12.0 Å². The fourth-order valence-corrected chi connectivity index (χ4v) is 1.26. The standard InChI is InChI=1S/C7H11N3O2S/c1-13-7-9-3-4(10-7)2-5(8)6(11)12/h3,5H,2,8H2,1H3,(H,9,10)(H,11,12). The summed E-state index contributed by atoms with van der Waals surface area (Å²) in [4.78, 5) is 17.4. The maximum Gasteiger partial charge on any atom is 0.320 e. The largest absolute Gasteiger partial charge is 0.480 e. The van der Waals surface area contributed by atoms with E-state index in [1.807, 2.05) is 6.26 Å². The number of nitrogens with zero attached hydrogens (tertiary/aromatic N) is 1. The SMILES string of the molecule is CSc1ncc(CC(N)C(=O)O)[nH]1. The lowest BCUT2D eigenvalue weighted by atomic mass is 10.2. The summed E-state index contributed by atoms with van der Waals surface area (Å²) in [5.41, 5.74) is 6.09. The minimum absolute atomic E-state index is 0.281. The minimum Gasteiger partial charge on any atom is -0.480 e. The summed E-state index contributed by atoms with van der Waals surface area (Å²) in [6, 6.07) is -0.866. The van der Waals surface area contributed by atoms with Gasteiger partial charge in [0.2, 0.25) is 0 Å². The Balaban J connectivity index is 2.58. The van der Waals surface area contributed by atoms with Crippen LogP contribution in [0.25, 0.3) is 0 Å². The van der Waals surface area contributed by atoms with Gasteiger partial charge in [0.25, 0.3) is 0 Å². The fourth-order valence-electron chi connectivity index (χ4n) is 0.870. The van der Waals surface area contributed by atoms with Gasteiger partial charge in [0, 0.05) is 18.3 Å². The van der Waals surface area contributed by atoms with Gasteiger partial charge in [-0.1, -0.05) is 11.8 Å². The summed E-state index contributed by atoms with van der Waals surface area (Å²) in [5, 5.41) is 9.31. The highest BCUT2D eigenvalue weighted by Crippen LogP contribution is 2.09. The molecule has 6 heteroatoms. The van der Waals surface area contributed by atoms with Gasteiger partial charge in [0.05, 0.1) is 0 Å². The van der Waals surface area contributed by atoms with Crippen molar-refractivity contribution in [1.82, 2.24) is 9.97 Å². The summed E-state index contributed by atoms with van der Waals surface area (Å²) in [6.45, 7) is 0. The van der Waals surface area contributed by atoms with E-state index in [1.54, 1.807) is 6.20 Å². The van der Waals surface area contributed by atoms with E-state index in [-0.39, 0.29) is 6.42 Å². The number of carbonyl (C=O) groups is 1. The number of thioether (sulfide) groups is 1. The third kappa shape index (κ3) is 2.74. The Morgan fingerprint density at radius 3 is 3.08 bits per heavy atom. The average molecular weight is 201 g/mol. The van der Waals surface area contributed by atoms with Crippen LogP contribution in [0.2, 0.25) is 0 Å². The van der Waals surface area contributed by atoms with Crippen molar-refractivity contribution in [2.45, 2.75) is 17.6 Å². The van der Waals surface area contributed by atoms with Gasteiger partial charge in [-0.15, -0.1) is 0 Å². The monoisotopic (exact) mass is 201 g/mol. The smallest absolute Gasteiger partial charge is 0.320 e. The van der Waals surface area contributed by atoms with Gasteiger partial charge in [0.1, 0.15) is 6.04 Å². The Hall–Kier alpha value is -1.01. The predicted molar refractivity (Wildman–Crippen MR) is 49.7 cm³/mol. The van der Waals surface area contributed by atoms with Crippen molar-refractivity contribution in [1.29, 1.82) is 0 Å². The Morgan fingerprint density at radius 2 is 2.62 bits per heavy atom. The van der Waals surface area contributed by atoms with E-state index in [0.29, 0.717) is 0 Å². The van der Waals surface area contributed by atoms with Crippen molar-refractivity contribution in [2.75, 3.05) is 6.26 Å². The van der Waals surface area contributed by atoms with Crippen LogP contribution >= 0.6 is 11.8 Å². The Bertz CT molecular complexity index is 300. The second-order valence-electron chi connectivity index (χ2n) is 2.57. The highest BCUT2D eigenvalue weighted by atomic mass is 32.2. The van der Waals surface area contributed by atoms with Crippen molar-refractivity contribution < 1.29 is 9.90 Å². The first-order valence-corrected chi connectivity index (χ1v) is 4.92. The molecule has 5 nitrogen and oxygen atoms in total. The van der Waals surface area contributed by atoms with Gasteiger partial charge in [-0.25, -0.2) is 4.98 Å². The first kappa shape index (κ1) is 10.1. The van der Waals surface area contributed by atoms with E-state index in [4.69, 9.17) is 10.8 Å². The second-order valence-corrected chi connectivity index (χ2v) is 3.36. The molecule has 4 N–H and O–H groups in total. The lowest BCUT2D eigenvalue weighted by Gasteiger charge is -2.02. The van der Waals surface area contributed by atoms with Crippen LogP contribution in [0.4, 0.5) is 0 Å². The van der Waals surface area contributed by atoms with Crippen molar-refractivity contribution in [2.24, 2.45) is 5.73 Å². The molecule has 13 heavy (non-hydrogen) atoms. The molecule has 0 aliphatic carbocycles. The number of aliphatic carboxylic acids is 1. The van der Waals surface area contributed by atoms with Crippen molar-refractivity contribution in [3.05, 3.63) is 11.9 Å². The number of rotatable bonds is 4. The predicted octanol–water partition coefficient (Wildman–Crippen LogP) is 0.0860. The normalized spacial score (nSPS) is 12.8. The molecule has 0 bridgehead atoms. The molecule has 0 amide bonds. The molecule has 1 atom stereocenters. The second kappa shape index (κ2) is 4.29. The molecule has 0 fully saturated rings. The van der Waals surface area contributed by atoms with Gasteiger partial charge in [0.15, 0.2) is 5.16 Å². The van der Waals surface area contributed by atoms with E-state index >= 15 is 0 Å². The summed E-state index contributed by atoms with van der Waals surface area (Å²) < 4.78 is 0. The number of aromatic amines is 1. The van der Waals surface area contributed by atoms with Gasteiger partial charge in [-0.2, -0.15) is 0 Å². The van der Waals surface area contributed by atoms with Crippen LogP contribution in [0.15, 0.2) is 11.4 Å². The van der Waals surface area contributed by atoms with Crippen LogP contribution in [0, 0.1) is 0 Å². The number of hydrogen-bond donors (Lipinski definition) is 3. The summed E-state index contributed by atoms with van der Waals surface area (Å²) in [6.07, 6.45) is 3.78. The van der Waals surface area contributed by atoms with Crippen LogP contribution in [0.1, 0.15) is 5.69 Å². The number of hydrogen-bond acceptors (Lipinski definition) is 4. The highest BCUT2D eigenvalue weighted by Gasteiger charge is 2.13. The number of imidazole rings is 1. The summed E-state index contributed by atoms with van der Waals surface area (Å²) in [5.74, 6) is -1.000. The van der Waals surface area contributed by atoms with Crippen LogP contribution < -0.4 is 5.73 Å². The Morgan fingerprint density at radius 1 is 1.92 bits per heavy atom. The first-order valence-electron chi connectivity index (χ1n) is 3.69. The van der Waals surface area contributed by atoms with E-state index in [9.17, 15) is 4.79 Å². The molecule has 1 aromatic heterocycles. The number of H-pyrrole nitrogens is 1. The van der Waals surface area contributed by atoms with Gasteiger partial charge in [-0.3, -0.25) is 4.79 Å². The van der Waals surface area contributed by atoms with Crippen LogP contribution in [0.3, 0.4) is 0 Å². The lowest BCUT2D eigenvalue weighted by Crippen LogP contribution is -2.32. The molecule has 0 saturated heterocycles. The zero-order valence-corrected chi connectivity index (χ0v) is 7.97. The number of nitrogens with two attached hydrogens (primary N) is 1. The number of carboxylic acids is 1. The average Bonchev–Trinajstić information content (AvgIpc) is 2.52. The summed E-state index contributed by atoms with van der Waals surface area (Å²) >= 11 is 1.47. The van der Waals surface area contributed by atoms with Crippen molar-refractivity contribution in [3.8, 4) is 0 Å². The molecule has 0 aliphatic heterocycles. The molecule has 0 aromatic carbocycles. The molecule has 0 spiro atoms. The molecule has 0 aliphatic rings. The number of aromatic nitrogens is 2. The topological polar surface area (TPSA) is 92.0 Å². The number of carboxylic acid groups (broad SMARTS) is 1. The van der Waals surface area contributed by atoms with Gasteiger partial charge >= 0.3 is 5.97 Å². The van der Waals surface area contributed by atoms with E-state index in [2.05, 4.69) is 9.97 Å². The number of nitrogens with one attached hydrogen (secondary N) is 1. The van der Waals surface area contributed by atoms with Crippen LogP contribution in [-0.2, 0) is 11.2 Å². The zero-order chi connectivity index (χ0) is 9.84. The van der Waals surface area contributed by atoms with Gasteiger partial charge < -0.3 is 15.8 Å². The molecular formula is C7H11N3O2S. The fraction of sp³-hybridized carbons (Fsp3) is 0.429. The lowest BCUT2D eigenvalue weighted by molar-refractivity contribution is -0.138. The zero-order valence-electron chi connectivity index (χ0n) is 7.15. The maximum absolute atomic E-state index is 10.4. The molecule has 0 saturated carbocycles. The molecule has 1 aromatic rings. The minimum atomic E-state index is -1.000. The molecule has 1 unspecified atom stereocenters. The van der Waals surface area contributed by atoms with Gasteiger partial charge in [-0.05, 0) is 6.26 Å². The molecule has 0 radical (unpaired) electrons. The van der Waals surface area contributed by atoms with E-state index in [1.165, 1.54) is 11.8 Å². The Kier molecular flexibility index (Phi) is 3.32. The third-order valence-corrected chi connectivity index (χ3v) is 2.15. The maximum atomic E-state index is 10.4.